The number of ether oxygens (including phenoxy) is 2. The van der Waals surface area contributed by atoms with Crippen molar-refractivity contribution in [3.05, 3.63) is 0 Å². The van der Waals surface area contributed by atoms with Gasteiger partial charge in [-0.25, -0.2) is 4.79 Å². The van der Waals surface area contributed by atoms with Gasteiger partial charge in [-0.2, -0.15) is 0 Å². The van der Waals surface area contributed by atoms with E-state index in [1.165, 1.54) is 7.11 Å². The molecule has 0 aromatic rings. The molecular formula is C11H24O6Si. The van der Waals surface area contributed by atoms with Gasteiger partial charge in [0, 0.05) is 25.9 Å². The lowest BCUT2D eigenvalue weighted by Crippen LogP contribution is -2.46. The van der Waals surface area contributed by atoms with Gasteiger partial charge in [-0.15, -0.1) is 0 Å². The lowest BCUT2D eigenvalue weighted by molar-refractivity contribution is 0.0591. The summed E-state index contributed by atoms with van der Waals surface area (Å²) in [5, 5.41) is 0. The minimum atomic E-state index is -2.61. The van der Waals surface area contributed by atoms with Crippen LogP contribution >= 0.6 is 0 Å². The van der Waals surface area contributed by atoms with Crippen LogP contribution in [0.1, 0.15) is 27.2 Å². The first-order valence-electron chi connectivity index (χ1n) is 6.26. The molecule has 0 fully saturated rings. The third-order valence-corrected chi connectivity index (χ3v) is 5.26. The van der Waals surface area contributed by atoms with E-state index in [2.05, 4.69) is 4.74 Å². The van der Waals surface area contributed by atoms with Crippen molar-refractivity contribution in [2.45, 2.75) is 33.2 Å². The molecule has 0 spiro atoms. The Morgan fingerprint density at radius 2 is 1.50 bits per heavy atom. The number of rotatable bonds is 10. The molecule has 0 heterocycles. The molecule has 0 N–H and O–H groups in total. The van der Waals surface area contributed by atoms with E-state index in [0.29, 0.717) is 32.3 Å². The van der Waals surface area contributed by atoms with Crippen LogP contribution in [0.3, 0.4) is 0 Å². The van der Waals surface area contributed by atoms with Gasteiger partial charge in [0.25, 0.3) is 0 Å². The molecule has 7 heteroatoms. The second-order valence-electron chi connectivity index (χ2n) is 3.39. The highest BCUT2D eigenvalue weighted by Gasteiger charge is 2.39. The van der Waals surface area contributed by atoms with Crippen LogP contribution in [0, 0.1) is 0 Å². The molecule has 0 atom stereocenters. The lowest BCUT2D eigenvalue weighted by atomic mass is 10.5. The van der Waals surface area contributed by atoms with E-state index in [1.807, 2.05) is 20.8 Å². The van der Waals surface area contributed by atoms with E-state index in [1.54, 1.807) is 0 Å². The van der Waals surface area contributed by atoms with E-state index in [4.69, 9.17) is 18.0 Å². The van der Waals surface area contributed by atoms with Gasteiger partial charge < -0.3 is 22.8 Å². The van der Waals surface area contributed by atoms with E-state index in [0.717, 1.165) is 0 Å². The Balaban J connectivity index is 4.16. The van der Waals surface area contributed by atoms with Crippen molar-refractivity contribution in [3.8, 4) is 0 Å². The fraction of sp³-hybridized carbons (Fsp3) is 0.909. The van der Waals surface area contributed by atoms with Crippen molar-refractivity contribution in [2.75, 3.05) is 33.5 Å². The molecule has 0 unspecified atom stereocenters. The van der Waals surface area contributed by atoms with E-state index in [9.17, 15) is 4.79 Å². The number of carbonyl (C=O) groups is 1. The normalized spacial score (nSPS) is 11.3. The molecule has 0 saturated heterocycles. The fourth-order valence-corrected chi connectivity index (χ4v) is 4.08. The average molecular weight is 280 g/mol. The molecule has 0 bridgehead atoms. The van der Waals surface area contributed by atoms with Gasteiger partial charge in [-0.05, 0) is 27.2 Å². The van der Waals surface area contributed by atoms with Gasteiger partial charge >= 0.3 is 15.0 Å². The highest BCUT2D eigenvalue weighted by atomic mass is 28.4. The second-order valence-corrected chi connectivity index (χ2v) is 6.12. The van der Waals surface area contributed by atoms with Crippen LogP contribution in [0.25, 0.3) is 0 Å². The molecule has 0 saturated carbocycles. The molecule has 6 nitrogen and oxygen atoms in total. The van der Waals surface area contributed by atoms with Crippen LogP contribution < -0.4 is 0 Å². The first-order valence-corrected chi connectivity index (χ1v) is 8.19. The van der Waals surface area contributed by atoms with Crippen LogP contribution in [0.4, 0.5) is 4.79 Å². The van der Waals surface area contributed by atoms with Crippen LogP contribution in [0.2, 0.25) is 6.04 Å². The summed E-state index contributed by atoms with van der Waals surface area (Å²) in [7, 11) is -1.33. The Labute approximate surface area is 110 Å². The topological polar surface area (TPSA) is 63.2 Å². The molecule has 0 radical (unpaired) electrons. The molecule has 0 aliphatic heterocycles. The van der Waals surface area contributed by atoms with Gasteiger partial charge in [0.05, 0.1) is 13.7 Å². The Kier molecular flexibility index (Phi) is 9.94. The molecule has 0 amide bonds. The zero-order valence-electron chi connectivity index (χ0n) is 11.7. The third-order valence-electron chi connectivity index (χ3n) is 2.11. The molecule has 0 aromatic heterocycles. The summed E-state index contributed by atoms with van der Waals surface area (Å²) >= 11 is 0. The van der Waals surface area contributed by atoms with E-state index < -0.39 is 15.0 Å². The van der Waals surface area contributed by atoms with Crippen molar-refractivity contribution in [3.63, 3.8) is 0 Å². The average Bonchev–Trinajstić information content (AvgIpc) is 2.35. The SMILES string of the molecule is CCO[Si](CCCOC(=O)OC)(OCC)OCC. The number of hydrogen-bond donors (Lipinski definition) is 0. The summed E-state index contributed by atoms with van der Waals surface area (Å²) in [6.45, 7) is 7.63. The monoisotopic (exact) mass is 280 g/mol. The predicted molar refractivity (Wildman–Crippen MR) is 68.4 cm³/mol. The minimum absolute atomic E-state index is 0.272. The van der Waals surface area contributed by atoms with Crippen molar-refractivity contribution >= 4 is 15.0 Å². The van der Waals surface area contributed by atoms with Gasteiger partial charge in [-0.3, -0.25) is 0 Å². The maximum atomic E-state index is 10.8. The van der Waals surface area contributed by atoms with Crippen molar-refractivity contribution in [2.24, 2.45) is 0 Å². The Morgan fingerprint density at radius 1 is 1.00 bits per heavy atom. The van der Waals surface area contributed by atoms with Crippen LogP contribution in [0.5, 0.6) is 0 Å². The minimum Gasteiger partial charge on any atom is -0.438 e. The Morgan fingerprint density at radius 3 is 1.89 bits per heavy atom. The molecule has 0 aliphatic rings. The Hall–Kier alpha value is -0.633. The molecule has 0 rings (SSSR count). The summed E-state index contributed by atoms with van der Waals surface area (Å²) in [5.74, 6) is 0. The zero-order chi connectivity index (χ0) is 13.9. The second kappa shape index (κ2) is 10.3. The quantitative estimate of drug-likeness (QED) is 0.347. The maximum absolute atomic E-state index is 10.8. The smallest absolute Gasteiger partial charge is 0.438 e. The first kappa shape index (κ1) is 17.4. The fourth-order valence-electron chi connectivity index (χ4n) is 1.50. The van der Waals surface area contributed by atoms with E-state index in [-0.39, 0.29) is 6.61 Å². The molecule has 18 heavy (non-hydrogen) atoms. The first-order chi connectivity index (χ1) is 8.64. The number of carbonyl (C=O) groups excluding carboxylic acids is 1. The van der Waals surface area contributed by atoms with Crippen LogP contribution in [-0.2, 0) is 22.8 Å². The number of methoxy groups -OCH3 is 1. The predicted octanol–water partition coefficient (Wildman–Crippen LogP) is 2.21. The summed E-state index contributed by atoms with van der Waals surface area (Å²) in [6, 6.07) is 0.625. The molecule has 0 aliphatic carbocycles. The maximum Gasteiger partial charge on any atom is 0.507 e. The van der Waals surface area contributed by atoms with Crippen molar-refractivity contribution < 1.29 is 27.5 Å². The lowest BCUT2D eigenvalue weighted by Gasteiger charge is -2.28. The summed E-state index contributed by atoms with van der Waals surface area (Å²) in [5.41, 5.74) is 0. The summed E-state index contributed by atoms with van der Waals surface area (Å²) in [4.78, 5) is 10.8. The zero-order valence-corrected chi connectivity index (χ0v) is 12.7. The third kappa shape index (κ3) is 6.95. The van der Waals surface area contributed by atoms with Gasteiger partial charge in [0.15, 0.2) is 0 Å². The number of hydrogen-bond acceptors (Lipinski definition) is 6. The summed E-state index contributed by atoms with van der Waals surface area (Å²) in [6.07, 6.45) is -0.0482. The van der Waals surface area contributed by atoms with Crippen molar-refractivity contribution in [1.82, 2.24) is 0 Å². The van der Waals surface area contributed by atoms with Crippen LogP contribution in [0.15, 0.2) is 0 Å². The molecule has 108 valence electrons. The van der Waals surface area contributed by atoms with Crippen molar-refractivity contribution in [1.29, 1.82) is 0 Å². The highest BCUT2D eigenvalue weighted by Crippen LogP contribution is 2.18. The summed E-state index contributed by atoms with van der Waals surface area (Å²) < 4.78 is 26.2. The van der Waals surface area contributed by atoms with Gasteiger partial charge in [0.1, 0.15) is 0 Å². The van der Waals surface area contributed by atoms with Gasteiger partial charge in [-0.1, -0.05) is 0 Å². The standard InChI is InChI=1S/C11H24O6Si/c1-5-15-18(16-6-2,17-7-3)10-8-9-14-11(12)13-4/h5-10H2,1-4H3. The largest absolute Gasteiger partial charge is 0.507 e. The van der Waals surface area contributed by atoms with Crippen LogP contribution in [-0.4, -0.2) is 48.5 Å². The Bertz CT molecular complexity index is 207. The molecule has 0 aromatic carbocycles. The van der Waals surface area contributed by atoms with Gasteiger partial charge in [0.2, 0.25) is 0 Å². The molecular weight excluding hydrogens is 256 g/mol. The highest BCUT2D eigenvalue weighted by molar-refractivity contribution is 6.60. The van der Waals surface area contributed by atoms with E-state index >= 15 is 0 Å².